The smallest absolute Gasteiger partial charge is 0.107 e. The minimum atomic E-state index is 0.383. The lowest BCUT2D eigenvalue weighted by atomic mass is 10.0. The average molecular weight is 267 g/mol. The van der Waals surface area contributed by atoms with Crippen LogP contribution in [-0.2, 0) is 11.3 Å². The van der Waals surface area contributed by atoms with Crippen LogP contribution in [-0.4, -0.2) is 60.2 Å². The van der Waals surface area contributed by atoms with Crippen LogP contribution in [0.25, 0.3) is 0 Å². The van der Waals surface area contributed by atoms with Crippen LogP contribution in [0.15, 0.2) is 11.6 Å². The summed E-state index contributed by atoms with van der Waals surface area (Å²) in [5.74, 6) is 0. The molecule has 5 heteroatoms. The molecule has 0 N–H and O–H groups in total. The molecule has 0 saturated carbocycles. The van der Waals surface area contributed by atoms with Crippen molar-refractivity contribution in [3.8, 4) is 0 Å². The second kappa shape index (κ2) is 5.25. The molecule has 0 unspecified atom stereocenters. The Hall–Kier alpha value is -0.490. The average Bonchev–Trinajstić information content (AvgIpc) is 2.98. The van der Waals surface area contributed by atoms with Gasteiger partial charge in [-0.15, -0.1) is 11.3 Å². The minimum Gasteiger partial charge on any atom is -0.375 e. The lowest BCUT2D eigenvalue weighted by molar-refractivity contribution is -0.0343. The third-order valence-electron chi connectivity index (χ3n) is 4.09. The Morgan fingerprint density at radius 1 is 1.56 bits per heavy atom. The first kappa shape index (κ1) is 12.5. The summed E-state index contributed by atoms with van der Waals surface area (Å²) in [6.07, 6.45) is 4.73. The predicted molar refractivity (Wildman–Crippen MR) is 72.8 cm³/mol. The molecular formula is C13H21N3OS. The largest absolute Gasteiger partial charge is 0.375 e. The van der Waals surface area contributed by atoms with Crippen molar-refractivity contribution in [3.63, 3.8) is 0 Å². The summed E-state index contributed by atoms with van der Waals surface area (Å²) in [7, 11) is 4.32. The molecule has 0 amide bonds. The summed E-state index contributed by atoms with van der Waals surface area (Å²) in [6, 6.07) is 1.10. The molecule has 3 atom stereocenters. The van der Waals surface area contributed by atoms with E-state index in [-0.39, 0.29) is 0 Å². The number of rotatable bonds is 3. The molecule has 2 aliphatic rings. The minimum absolute atomic E-state index is 0.383. The van der Waals surface area contributed by atoms with Gasteiger partial charge in [0, 0.05) is 36.8 Å². The van der Waals surface area contributed by atoms with E-state index in [1.165, 1.54) is 17.8 Å². The number of hydrogen-bond acceptors (Lipinski definition) is 5. The first-order valence-electron chi connectivity index (χ1n) is 6.66. The number of ether oxygens (including phenoxy) is 1. The fourth-order valence-corrected chi connectivity index (χ4v) is 3.81. The molecule has 0 spiro atoms. The van der Waals surface area contributed by atoms with Gasteiger partial charge in [-0.25, -0.2) is 4.98 Å². The van der Waals surface area contributed by atoms with Gasteiger partial charge in [-0.3, -0.25) is 4.90 Å². The summed E-state index contributed by atoms with van der Waals surface area (Å²) < 4.78 is 6.02. The van der Waals surface area contributed by atoms with E-state index in [2.05, 4.69) is 34.3 Å². The van der Waals surface area contributed by atoms with Crippen LogP contribution in [0.5, 0.6) is 0 Å². The van der Waals surface area contributed by atoms with Crippen LogP contribution >= 0.6 is 11.3 Å². The molecule has 1 aromatic heterocycles. The number of fused-ring (bicyclic) bond motifs is 1. The Morgan fingerprint density at radius 3 is 3.17 bits per heavy atom. The standard InChI is InChI=1S/C13H21N3OS/c1-15(2)11-8-16(9-12-14-5-7-18-12)10-4-3-6-17-13(10)11/h5,7,10-11,13H,3-4,6,8-9H2,1-2H3/t10-,11-,13+/m1/s1. The zero-order valence-electron chi connectivity index (χ0n) is 11.1. The summed E-state index contributed by atoms with van der Waals surface area (Å²) in [5.41, 5.74) is 0. The van der Waals surface area contributed by atoms with E-state index in [1.807, 2.05) is 6.20 Å². The fraction of sp³-hybridized carbons (Fsp3) is 0.769. The highest BCUT2D eigenvalue weighted by molar-refractivity contribution is 7.09. The molecule has 2 aliphatic heterocycles. The van der Waals surface area contributed by atoms with E-state index < -0.39 is 0 Å². The van der Waals surface area contributed by atoms with E-state index in [0.29, 0.717) is 18.2 Å². The first-order valence-corrected chi connectivity index (χ1v) is 7.54. The van der Waals surface area contributed by atoms with Crippen LogP contribution in [0.4, 0.5) is 0 Å². The molecule has 0 aliphatic carbocycles. The van der Waals surface area contributed by atoms with Crippen molar-refractivity contribution >= 4 is 11.3 Å². The van der Waals surface area contributed by atoms with Crippen LogP contribution in [0, 0.1) is 0 Å². The Kier molecular flexibility index (Phi) is 3.66. The van der Waals surface area contributed by atoms with Gasteiger partial charge < -0.3 is 9.64 Å². The van der Waals surface area contributed by atoms with Crippen molar-refractivity contribution < 1.29 is 4.74 Å². The van der Waals surface area contributed by atoms with Crippen molar-refractivity contribution in [1.82, 2.24) is 14.8 Å². The van der Waals surface area contributed by atoms with Crippen molar-refractivity contribution in [2.45, 2.75) is 37.6 Å². The molecule has 0 radical (unpaired) electrons. The topological polar surface area (TPSA) is 28.6 Å². The van der Waals surface area contributed by atoms with E-state index >= 15 is 0 Å². The molecule has 0 aromatic carbocycles. The summed E-state index contributed by atoms with van der Waals surface area (Å²) >= 11 is 1.75. The Labute approximate surface area is 113 Å². The van der Waals surface area contributed by atoms with E-state index in [0.717, 1.165) is 19.7 Å². The maximum absolute atomic E-state index is 6.02. The van der Waals surface area contributed by atoms with Gasteiger partial charge in [-0.05, 0) is 26.9 Å². The van der Waals surface area contributed by atoms with Gasteiger partial charge >= 0.3 is 0 Å². The summed E-state index contributed by atoms with van der Waals surface area (Å²) in [6.45, 7) is 3.01. The molecule has 3 rings (SSSR count). The normalized spacial score (nSPS) is 32.9. The summed E-state index contributed by atoms with van der Waals surface area (Å²) in [5, 5.41) is 3.28. The molecule has 100 valence electrons. The molecule has 18 heavy (non-hydrogen) atoms. The second-order valence-corrected chi connectivity index (χ2v) is 6.41. The van der Waals surface area contributed by atoms with Gasteiger partial charge in [0.1, 0.15) is 5.01 Å². The molecule has 2 fully saturated rings. The number of likely N-dealkylation sites (tertiary alicyclic amines) is 1. The zero-order chi connectivity index (χ0) is 12.5. The predicted octanol–water partition coefficient (Wildman–Crippen LogP) is 1.44. The molecule has 0 bridgehead atoms. The number of nitrogens with zero attached hydrogens (tertiary/aromatic N) is 3. The fourth-order valence-electron chi connectivity index (χ4n) is 3.17. The van der Waals surface area contributed by atoms with Crippen molar-refractivity contribution in [3.05, 3.63) is 16.6 Å². The highest BCUT2D eigenvalue weighted by Crippen LogP contribution is 2.32. The Morgan fingerprint density at radius 2 is 2.44 bits per heavy atom. The lowest BCUT2D eigenvalue weighted by Gasteiger charge is -2.33. The monoisotopic (exact) mass is 267 g/mol. The van der Waals surface area contributed by atoms with Gasteiger partial charge in [0.15, 0.2) is 0 Å². The van der Waals surface area contributed by atoms with E-state index in [4.69, 9.17) is 4.74 Å². The quantitative estimate of drug-likeness (QED) is 0.828. The number of likely N-dealkylation sites (N-methyl/N-ethyl adjacent to an activating group) is 1. The van der Waals surface area contributed by atoms with Gasteiger partial charge in [0.2, 0.25) is 0 Å². The van der Waals surface area contributed by atoms with Gasteiger partial charge in [-0.2, -0.15) is 0 Å². The number of aromatic nitrogens is 1. The third kappa shape index (κ3) is 2.32. The van der Waals surface area contributed by atoms with Gasteiger partial charge in [0.25, 0.3) is 0 Å². The van der Waals surface area contributed by atoms with E-state index in [9.17, 15) is 0 Å². The highest BCUT2D eigenvalue weighted by atomic mass is 32.1. The summed E-state index contributed by atoms with van der Waals surface area (Å²) in [4.78, 5) is 9.28. The number of thiazole rings is 1. The Bertz CT molecular complexity index is 382. The maximum atomic E-state index is 6.02. The molecule has 4 nitrogen and oxygen atoms in total. The van der Waals surface area contributed by atoms with Crippen molar-refractivity contribution in [1.29, 1.82) is 0 Å². The molecule has 2 saturated heterocycles. The maximum Gasteiger partial charge on any atom is 0.107 e. The first-order chi connectivity index (χ1) is 8.75. The van der Waals surface area contributed by atoms with Gasteiger partial charge in [0.05, 0.1) is 12.6 Å². The SMILES string of the molecule is CN(C)[C@@H]1CN(Cc2nccs2)[C@@H]2CCCO[C@H]12. The van der Waals surface area contributed by atoms with E-state index in [1.54, 1.807) is 11.3 Å². The lowest BCUT2D eigenvalue weighted by Crippen LogP contribution is -2.45. The van der Waals surface area contributed by atoms with Crippen LogP contribution in [0.3, 0.4) is 0 Å². The van der Waals surface area contributed by atoms with Crippen LogP contribution in [0.2, 0.25) is 0 Å². The Balaban J connectivity index is 1.74. The zero-order valence-corrected chi connectivity index (χ0v) is 11.9. The third-order valence-corrected chi connectivity index (χ3v) is 4.85. The van der Waals surface area contributed by atoms with Crippen molar-refractivity contribution in [2.75, 3.05) is 27.2 Å². The highest BCUT2D eigenvalue weighted by Gasteiger charge is 2.44. The van der Waals surface area contributed by atoms with Crippen LogP contribution < -0.4 is 0 Å². The molecule has 1 aromatic rings. The van der Waals surface area contributed by atoms with Crippen molar-refractivity contribution in [2.24, 2.45) is 0 Å². The molecular weight excluding hydrogens is 246 g/mol. The van der Waals surface area contributed by atoms with Crippen LogP contribution in [0.1, 0.15) is 17.8 Å². The molecule has 3 heterocycles. The second-order valence-electron chi connectivity index (χ2n) is 5.43. The van der Waals surface area contributed by atoms with Gasteiger partial charge in [-0.1, -0.05) is 0 Å². The number of hydrogen-bond donors (Lipinski definition) is 0.